The summed E-state index contributed by atoms with van der Waals surface area (Å²) in [4.78, 5) is 11.8. The van der Waals surface area contributed by atoms with Gasteiger partial charge in [0.05, 0.1) is 17.6 Å². The molecule has 2 rings (SSSR count). The Kier molecular flexibility index (Phi) is 6.53. The van der Waals surface area contributed by atoms with Crippen LogP contribution in [0.5, 0.6) is 11.5 Å². The molecule has 0 aliphatic heterocycles. The number of carbonyl (C=O) groups is 1. The Hall–Kier alpha value is -2.65. The Morgan fingerprint density at radius 3 is 2.46 bits per heavy atom. The standard InChI is InChI=1S/C17H19FN2O5S/c1-19-17(21)15-11-14(7-8-16(15)24-2)26(22,23)20-9-10-25-13-5-3-12(18)4-6-13/h3-8,11,20H,9-10H2,1-2H3,(H,19,21). The SMILES string of the molecule is CNC(=O)c1cc(S(=O)(=O)NCCOc2ccc(F)cc2)ccc1OC. The highest BCUT2D eigenvalue weighted by Crippen LogP contribution is 2.22. The molecule has 140 valence electrons. The molecule has 0 aromatic heterocycles. The smallest absolute Gasteiger partial charge is 0.254 e. The minimum atomic E-state index is -3.84. The Morgan fingerprint density at radius 1 is 1.15 bits per heavy atom. The van der Waals surface area contributed by atoms with Gasteiger partial charge in [-0.05, 0) is 42.5 Å². The second-order valence-electron chi connectivity index (χ2n) is 5.14. The lowest BCUT2D eigenvalue weighted by Gasteiger charge is -2.11. The Balaban J connectivity index is 2.02. The van der Waals surface area contributed by atoms with Crippen molar-refractivity contribution in [2.24, 2.45) is 0 Å². The number of methoxy groups -OCH3 is 1. The molecular weight excluding hydrogens is 363 g/mol. The molecule has 0 unspecified atom stereocenters. The number of halogens is 1. The molecule has 0 radical (unpaired) electrons. The maximum Gasteiger partial charge on any atom is 0.254 e. The van der Waals surface area contributed by atoms with Crippen LogP contribution in [0.1, 0.15) is 10.4 Å². The van der Waals surface area contributed by atoms with Crippen molar-refractivity contribution in [1.82, 2.24) is 10.0 Å². The van der Waals surface area contributed by atoms with Crippen molar-refractivity contribution in [3.8, 4) is 11.5 Å². The van der Waals surface area contributed by atoms with Crippen LogP contribution in [-0.2, 0) is 10.0 Å². The van der Waals surface area contributed by atoms with Crippen molar-refractivity contribution in [2.75, 3.05) is 27.3 Å². The number of benzene rings is 2. The molecule has 0 spiro atoms. The van der Waals surface area contributed by atoms with Crippen LogP contribution in [0.3, 0.4) is 0 Å². The first-order valence-electron chi connectivity index (χ1n) is 7.65. The van der Waals surface area contributed by atoms with Gasteiger partial charge < -0.3 is 14.8 Å². The third kappa shape index (κ3) is 4.93. The predicted octanol–water partition coefficient (Wildman–Crippen LogP) is 1.55. The van der Waals surface area contributed by atoms with Gasteiger partial charge in [0.25, 0.3) is 5.91 Å². The van der Waals surface area contributed by atoms with E-state index >= 15 is 0 Å². The van der Waals surface area contributed by atoms with Crippen LogP contribution in [0.4, 0.5) is 4.39 Å². The number of carbonyl (C=O) groups excluding carboxylic acids is 1. The first-order chi connectivity index (χ1) is 12.4. The molecular formula is C17H19FN2O5S. The highest BCUT2D eigenvalue weighted by atomic mass is 32.2. The van der Waals surface area contributed by atoms with Crippen molar-refractivity contribution < 1.29 is 27.1 Å². The van der Waals surface area contributed by atoms with Crippen LogP contribution in [0.25, 0.3) is 0 Å². The molecule has 2 aromatic carbocycles. The van der Waals surface area contributed by atoms with E-state index in [1.807, 2.05) is 0 Å². The summed E-state index contributed by atoms with van der Waals surface area (Å²) in [6.07, 6.45) is 0. The van der Waals surface area contributed by atoms with Crippen LogP contribution < -0.4 is 19.5 Å². The average Bonchev–Trinajstić information content (AvgIpc) is 2.65. The minimum Gasteiger partial charge on any atom is -0.496 e. The molecule has 7 nitrogen and oxygen atoms in total. The lowest BCUT2D eigenvalue weighted by atomic mass is 10.2. The zero-order chi connectivity index (χ0) is 19.2. The first-order valence-corrected chi connectivity index (χ1v) is 9.14. The van der Waals surface area contributed by atoms with Crippen LogP contribution in [-0.4, -0.2) is 41.6 Å². The fraction of sp³-hybridized carbons (Fsp3) is 0.235. The van der Waals surface area contributed by atoms with Gasteiger partial charge >= 0.3 is 0 Å². The van der Waals surface area contributed by atoms with Crippen LogP contribution in [0.2, 0.25) is 0 Å². The highest BCUT2D eigenvalue weighted by Gasteiger charge is 2.19. The molecule has 0 saturated carbocycles. The molecule has 1 amide bonds. The monoisotopic (exact) mass is 382 g/mol. The van der Waals surface area contributed by atoms with Gasteiger partial charge in [-0.15, -0.1) is 0 Å². The van der Waals surface area contributed by atoms with Gasteiger partial charge in [-0.25, -0.2) is 17.5 Å². The Bertz CT molecular complexity index is 869. The second kappa shape index (κ2) is 8.63. The normalized spacial score (nSPS) is 11.0. The van der Waals surface area contributed by atoms with Gasteiger partial charge in [0.1, 0.15) is 23.9 Å². The van der Waals surface area contributed by atoms with E-state index in [1.165, 1.54) is 56.6 Å². The van der Waals surface area contributed by atoms with Crippen molar-refractivity contribution in [3.63, 3.8) is 0 Å². The zero-order valence-electron chi connectivity index (χ0n) is 14.3. The largest absolute Gasteiger partial charge is 0.496 e. The van der Waals surface area contributed by atoms with E-state index in [4.69, 9.17) is 9.47 Å². The fourth-order valence-corrected chi connectivity index (χ4v) is 3.16. The summed E-state index contributed by atoms with van der Waals surface area (Å²) in [6, 6.07) is 9.38. The summed E-state index contributed by atoms with van der Waals surface area (Å²) in [6.45, 7) is 0.0599. The highest BCUT2D eigenvalue weighted by molar-refractivity contribution is 7.89. The quantitative estimate of drug-likeness (QED) is 0.676. The molecule has 0 heterocycles. The number of hydrogen-bond donors (Lipinski definition) is 2. The number of sulfonamides is 1. The number of ether oxygens (including phenoxy) is 2. The van der Waals surface area contributed by atoms with E-state index < -0.39 is 15.9 Å². The molecule has 0 fully saturated rings. The van der Waals surface area contributed by atoms with Gasteiger partial charge in [-0.2, -0.15) is 0 Å². The lowest BCUT2D eigenvalue weighted by molar-refractivity contribution is 0.0960. The topological polar surface area (TPSA) is 93.7 Å². The van der Waals surface area contributed by atoms with Crippen molar-refractivity contribution in [1.29, 1.82) is 0 Å². The average molecular weight is 382 g/mol. The minimum absolute atomic E-state index is 0.00104. The number of nitrogens with one attached hydrogen (secondary N) is 2. The fourth-order valence-electron chi connectivity index (χ4n) is 2.13. The third-order valence-corrected chi connectivity index (χ3v) is 4.89. The number of amides is 1. The summed E-state index contributed by atoms with van der Waals surface area (Å²) >= 11 is 0. The van der Waals surface area contributed by atoms with E-state index in [0.717, 1.165) is 0 Å². The molecule has 0 saturated heterocycles. The third-order valence-electron chi connectivity index (χ3n) is 3.43. The van der Waals surface area contributed by atoms with E-state index in [-0.39, 0.29) is 35.2 Å². The van der Waals surface area contributed by atoms with Gasteiger partial charge in [-0.1, -0.05) is 0 Å². The summed E-state index contributed by atoms with van der Waals surface area (Å²) in [5.74, 6) is -0.150. The maximum absolute atomic E-state index is 12.8. The van der Waals surface area contributed by atoms with E-state index in [1.54, 1.807) is 0 Å². The number of rotatable bonds is 8. The van der Waals surface area contributed by atoms with E-state index in [9.17, 15) is 17.6 Å². The number of hydrogen-bond acceptors (Lipinski definition) is 5. The Morgan fingerprint density at radius 2 is 1.85 bits per heavy atom. The van der Waals surface area contributed by atoms with E-state index in [0.29, 0.717) is 5.75 Å². The van der Waals surface area contributed by atoms with Crippen LogP contribution >= 0.6 is 0 Å². The molecule has 0 aliphatic carbocycles. The van der Waals surface area contributed by atoms with Gasteiger partial charge in [-0.3, -0.25) is 4.79 Å². The molecule has 9 heteroatoms. The van der Waals surface area contributed by atoms with Crippen molar-refractivity contribution >= 4 is 15.9 Å². The molecule has 0 atom stereocenters. The van der Waals surface area contributed by atoms with Gasteiger partial charge in [0.15, 0.2) is 0 Å². The van der Waals surface area contributed by atoms with Gasteiger partial charge in [0, 0.05) is 13.6 Å². The molecule has 2 N–H and O–H groups in total. The first kappa shape index (κ1) is 19.7. The predicted molar refractivity (Wildman–Crippen MR) is 93.5 cm³/mol. The molecule has 2 aromatic rings. The van der Waals surface area contributed by atoms with Crippen molar-refractivity contribution in [2.45, 2.75) is 4.90 Å². The lowest BCUT2D eigenvalue weighted by Crippen LogP contribution is -2.28. The Labute approximate surface area is 151 Å². The zero-order valence-corrected chi connectivity index (χ0v) is 15.1. The summed E-state index contributed by atoms with van der Waals surface area (Å²) < 4.78 is 50.3. The van der Waals surface area contributed by atoms with E-state index in [2.05, 4.69) is 10.0 Å². The molecule has 26 heavy (non-hydrogen) atoms. The molecule has 0 bridgehead atoms. The second-order valence-corrected chi connectivity index (χ2v) is 6.91. The van der Waals surface area contributed by atoms with Crippen molar-refractivity contribution in [3.05, 3.63) is 53.8 Å². The summed E-state index contributed by atoms with van der Waals surface area (Å²) in [5, 5.41) is 2.43. The maximum atomic E-state index is 12.8. The summed E-state index contributed by atoms with van der Waals surface area (Å²) in [5.41, 5.74) is 0.112. The van der Waals surface area contributed by atoms with Crippen LogP contribution in [0, 0.1) is 5.82 Å². The molecule has 0 aliphatic rings. The van der Waals surface area contributed by atoms with Crippen LogP contribution in [0.15, 0.2) is 47.4 Å². The summed E-state index contributed by atoms with van der Waals surface area (Å²) in [7, 11) is -1.01. The van der Waals surface area contributed by atoms with Gasteiger partial charge in [0.2, 0.25) is 10.0 Å².